The Morgan fingerprint density at radius 3 is 2.28 bits per heavy atom. The van der Waals surface area contributed by atoms with Gasteiger partial charge in [0.1, 0.15) is 5.82 Å². The van der Waals surface area contributed by atoms with Crippen LogP contribution in [0.4, 0.5) is 4.39 Å². The first-order valence-electron chi connectivity index (χ1n) is 5.60. The summed E-state index contributed by atoms with van der Waals surface area (Å²) >= 11 is 0. The van der Waals surface area contributed by atoms with Gasteiger partial charge in [-0.1, -0.05) is 53.9 Å². The van der Waals surface area contributed by atoms with E-state index in [-0.39, 0.29) is 5.56 Å². The topological polar surface area (TPSA) is 20.2 Å². The first kappa shape index (κ1) is 12.3. The molecule has 90 valence electrons. The van der Waals surface area contributed by atoms with Gasteiger partial charge in [-0.3, -0.25) is 0 Å². The van der Waals surface area contributed by atoms with E-state index in [0.717, 1.165) is 5.56 Å². The van der Waals surface area contributed by atoms with E-state index in [1.807, 2.05) is 19.1 Å². The molecule has 0 fully saturated rings. The Hall–Kier alpha value is -2.11. The highest BCUT2D eigenvalue weighted by Gasteiger charge is 2.31. The zero-order valence-electron chi connectivity index (χ0n) is 10.0. The second-order valence-corrected chi connectivity index (χ2v) is 4.20. The highest BCUT2D eigenvalue weighted by atomic mass is 19.1. The standard InChI is InChI=1S/C16H13FO/c1-3-16(18,13-10-8-12(2)9-11-13)14-6-4-5-7-15(14)17/h1,4-11,18H,2H3. The maximum Gasteiger partial charge on any atom is 0.179 e. The molecule has 1 atom stereocenters. The molecule has 0 spiro atoms. The van der Waals surface area contributed by atoms with Crippen molar-refractivity contribution in [3.8, 4) is 12.3 Å². The minimum atomic E-state index is -1.74. The van der Waals surface area contributed by atoms with Gasteiger partial charge < -0.3 is 5.11 Å². The smallest absolute Gasteiger partial charge is 0.179 e. The first-order chi connectivity index (χ1) is 8.58. The van der Waals surface area contributed by atoms with Crippen molar-refractivity contribution in [3.63, 3.8) is 0 Å². The fourth-order valence-electron chi connectivity index (χ4n) is 1.87. The van der Waals surface area contributed by atoms with E-state index in [0.29, 0.717) is 5.56 Å². The van der Waals surface area contributed by atoms with Gasteiger partial charge in [0.05, 0.1) is 0 Å². The van der Waals surface area contributed by atoms with Crippen molar-refractivity contribution < 1.29 is 9.50 Å². The van der Waals surface area contributed by atoms with E-state index >= 15 is 0 Å². The molecule has 0 aliphatic rings. The molecule has 0 aromatic heterocycles. The number of terminal acetylenes is 1. The molecule has 0 bridgehead atoms. The molecule has 0 radical (unpaired) electrons. The summed E-state index contributed by atoms with van der Waals surface area (Å²) in [5, 5.41) is 10.6. The fourth-order valence-corrected chi connectivity index (χ4v) is 1.87. The molecule has 0 saturated heterocycles. The van der Waals surface area contributed by atoms with Crippen molar-refractivity contribution in [1.82, 2.24) is 0 Å². The largest absolute Gasteiger partial charge is 0.369 e. The van der Waals surface area contributed by atoms with Crippen LogP contribution in [-0.2, 0) is 5.60 Å². The van der Waals surface area contributed by atoms with E-state index in [9.17, 15) is 9.50 Å². The summed E-state index contributed by atoms with van der Waals surface area (Å²) in [7, 11) is 0. The van der Waals surface area contributed by atoms with Gasteiger partial charge >= 0.3 is 0 Å². The van der Waals surface area contributed by atoms with Crippen LogP contribution in [-0.4, -0.2) is 5.11 Å². The molecular formula is C16H13FO. The van der Waals surface area contributed by atoms with Crippen molar-refractivity contribution in [2.45, 2.75) is 12.5 Å². The number of hydrogen-bond donors (Lipinski definition) is 1. The second-order valence-electron chi connectivity index (χ2n) is 4.20. The van der Waals surface area contributed by atoms with E-state index < -0.39 is 11.4 Å². The van der Waals surface area contributed by atoms with Crippen LogP contribution < -0.4 is 0 Å². The lowest BCUT2D eigenvalue weighted by molar-refractivity contribution is 0.141. The van der Waals surface area contributed by atoms with Crippen LogP contribution >= 0.6 is 0 Å². The van der Waals surface area contributed by atoms with Gasteiger partial charge in [0.15, 0.2) is 5.60 Å². The minimum absolute atomic E-state index is 0.0938. The van der Waals surface area contributed by atoms with Gasteiger partial charge in [-0.2, -0.15) is 0 Å². The molecule has 2 rings (SSSR count). The third-order valence-corrected chi connectivity index (χ3v) is 2.94. The van der Waals surface area contributed by atoms with Crippen LogP contribution in [0.5, 0.6) is 0 Å². The molecule has 0 aliphatic carbocycles. The Balaban J connectivity index is 2.60. The van der Waals surface area contributed by atoms with Crippen LogP contribution in [0.25, 0.3) is 0 Å². The first-order valence-corrected chi connectivity index (χ1v) is 5.60. The number of hydrogen-bond acceptors (Lipinski definition) is 1. The Bertz CT molecular complexity index is 595. The number of halogens is 1. The minimum Gasteiger partial charge on any atom is -0.369 e. The molecule has 1 N–H and O–H groups in total. The number of rotatable bonds is 2. The van der Waals surface area contributed by atoms with Gasteiger partial charge in [-0.15, -0.1) is 6.42 Å². The molecule has 18 heavy (non-hydrogen) atoms. The molecule has 2 aromatic rings. The van der Waals surface area contributed by atoms with Crippen molar-refractivity contribution in [2.24, 2.45) is 0 Å². The molecule has 0 saturated carbocycles. The normalized spacial score (nSPS) is 13.7. The van der Waals surface area contributed by atoms with E-state index in [1.54, 1.807) is 24.3 Å². The van der Waals surface area contributed by atoms with Crippen LogP contribution in [0.15, 0.2) is 48.5 Å². The lowest BCUT2D eigenvalue weighted by Crippen LogP contribution is -2.26. The number of benzene rings is 2. The molecule has 2 heteroatoms. The highest BCUT2D eigenvalue weighted by molar-refractivity contribution is 5.44. The van der Waals surface area contributed by atoms with E-state index in [4.69, 9.17) is 6.42 Å². The molecule has 1 unspecified atom stereocenters. The van der Waals surface area contributed by atoms with Crippen LogP contribution in [0.2, 0.25) is 0 Å². The van der Waals surface area contributed by atoms with Crippen molar-refractivity contribution in [3.05, 3.63) is 71.0 Å². The maximum absolute atomic E-state index is 13.8. The van der Waals surface area contributed by atoms with Gasteiger partial charge in [0, 0.05) is 11.1 Å². The SMILES string of the molecule is C#CC(O)(c1ccc(C)cc1)c1ccccc1F. The van der Waals surface area contributed by atoms with E-state index in [2.05, 4.69) is 5.92 Å². The van der Waals surface area contributed by atoms with Crippen molar-refractivity contribution in [2.75, 3.05) is 0 Å². The van der Waals surface area contributed by atoms with Gasteiger partial charge in [-0.25, -0.2) is 4.39 Å². The quantitative estimate of drug-likeness (QED) is 0.800. The van der Waals surface area contributed by atoms with Gasteiger partial charge in [0.25, 0.3) is 0 Å². The van der Waals surface area contributed by atoms with Crippen LogP contribution in [0.3, 0.4) is 0 Å². The second kappa shape index (κ2) is 4.64. The van der Waals surface area contributed by atoms with Crippen molar-refractivity contribution >= 4 is 0 Å². The lowest BCUT2D eigenvalue weighted by Gasteiger charge is -2.23. The summed E-state index contributed by atoms with van der Waals surface area (Å²) in [6, 6.07) is 13.1. The third-order valence-electron chi connectivity index (χ3n) is 2.94. The predicted molar refractivity (Wildman–Crippen MR) is 69.4 cm³/mol. The molecule has 0 heterocycles. The van der Waals surface area contributed by atoms with Crippen LogP contribution in [0, 0.1) is 25.1 Å². The van der Waals surface area contributed by atoms with Gasteiger partial charge in [-0.05, 0) is 13.0 Å². The summed E-state index contributed by atoms with van der Waals surface area (Å²) in [4.78, 5) is 0. The number of aliphatic hydroxyl groups is 1. The molecule has 1 nitrogen and oxygen atoms in total. The Morgan fingerprint density at radius 2 is 1.72 bits per heavy atom. The summed E-state index contributed by atoms with van der Waals surface area (Å²) in [6.07, 6.45) is 5.41. The Kier molecular flexibility index (Phi) is 3.18. The molecule has 0 amide bonds. The lowest BCUT2D eigenvalue weighted by atomic mass is 9.86. The monoisotopic (exact) mass is 240 g/mol. The maximum atomic E-state index is 13.8. The Labute approximate surface area is 106 Å². The van der Waals surface area contributed by atoms with Crippen molar-refractivity contribution in [1.29, 1.82) is 0 Å². The molecule has 2 aromatic carbocycles. The highest BCUT2D eigenvalue weighted by Crippen LogP contribution is 2.30. The zero-order valence-corrected chi connectivity index (χ0v) is 10.0. The fraction of sp³-hybridized carbons (Fsp3) is 0.125. The third kappa shape index (κ3) is 2.01. The average molecular weight is 240 g/mol. The predicted octanol–water partition coefficient (Wildman–Crippen LogP) is 3.00. The summed E-state index contributed by atoms with van der Waals surface area (Å²) in [5.74, 6) is 1.77. The van der Waals surface area contributed by atoms with E-state index in [1.165, 1.54) is 12.1 Å². The molecular weight excluding hydrogens is 227 g/mol. The summed E-state index contributed by atoms with van der Waals surface area (Å²) in [5.41, 5.74) is -0.109. The summed E-state index contributed by atoms with van der Waals surface area (Å²) < 4.78 is 13.8. The number of aryl methyl sites for hydroxylation is 1. The molecule has 0 aliphatic heterocycles. The van der Waals surface area contributed by atoms with Gasteiger partial charge in [0.2, 0.25) is 0 Å². The zero-order chi connectivity index (χ0) is 13.2. The Morgan fingerprint density at radius 1 is 1.11 bits per heavy atom. The average Bonchev–Trinajstić information content (AvgIpc) is 2.39. The van der Waals surface area contributed by atoms with Crippen LogP contribution in [0.1, 0.15) is 16.7 Å². The summed E-state index contributed by atoms with van der Waals surface area (Å²) in [6.45, 7) is 1.93.